The minimum Gasteiger partial charge on any atom is -0.493 e. The predicted octanol–water partition coefficient (Wildman–Crippen LogP) is 2.77. The van der Waals surface area contributed by atoms with E-state index in [4.69, 9.17) is 15.2 Å². The second kappa shape index (κ2) is 5.44. The molecule has 19 heavy (non-hydrogen) atoms. The second-order valence-corrected chi connectivity index (χ2v) is 4.01. The van der Waals surface area contributed by atoms with E-state index in [-0.39, 0.29) is 0 Å². The number of benzene rings is 2. The zero-order valence-electron chi connectivity index (χ0n) is 10.8. The Morgan fingerprint density at radius 1 is 1.05 bits per heavy atom. The summed E-state index contributed by atoms with van der Waals surface area (Å²) in [5.41, 5.74) is 8.65. The third-order valence-corrected chi connectivity index (χ3v) is 2.89. The first-order valence-electron chi connectivity index (χ1n) is 5.77. The molecule has 98 valence electrons. The van der Waals surface area contributed by atoms with E-state index in [1.54, 1.807) is 25.3 Å². The molecular weight excluding hydrogens is 242 g/mol. The molecule has 0 atom stereocenters. The highest BCUT2D eigenvalue weighted by atomic mass is 16.5. The molecule has 0 spiro atoms. The molecule has 4 heteroatoms. The van der Waals surface area contributed by atoms with Crippen LogP contribution in [0.25, 0.3) is 11.1 Å². The van der Waals surface area contributed by atoms with Crippen LogP contribution in [0.1, 0.15) is 10.4 Å². The summed E-state index contributed by atoms with van der Waals surface area (Å²) in [5.74, 6) is 1.07. The molecule has 0 bridgehead atoms. The third kappa shape index (κ3) is 2.38. The zero-order chi connectivity index (χ0) is 13.8. The van der Waals surface area contributed by atoms with Crippen molar-refractivity contribution in [1.82, 2.24) is 0 Å². The average molecular weight is 257 g/mol. The maximum absolute atomic E-state index is 11.0. The van der Waals surface area contributed by atoms with Crippen LogP contribution in [0, 0.1) is 0 Å². The molecule has 0 unspecified atom stereocenters. The van der Waals surface area contributed by atoms with Crippen molar-refractivity contribution in [2.75, 3.05) is 20.0 Å². The lowest BCUT2D eigenvalue weighted by atomic mass is 10.00. The van der Waals surface area contributed by atoms with Gasteiger partial charge in [0, 0.05) is 22.4 Å². The van der Waals surface area contributed by atoms with Gasteiger partial charge in [-0.2, -0.15) is 0 Å². The van der Waals surface area contributed by atoms with Gasteiger partial charge < -0.3 is 15.2 Å². The van der Waals surface area contributed by atoms with Crippen molar-refractivity contribution in [3.05, 3.63) is 42.0 Å². The van der Waals surface area contributed by atoms with Crippen molar-refractivity contribution in [3.63, 3.8) is 0 Å². The highest BCUT2D eigenvalue weighted by Gasteiger charge is 2.15. The lowest BCUT2D eigenvalue weighted by Gasteiger charge is -2.15. The first-order valence-corrected chi connectivity index (χ1v) is 5.77. The Hall–Kier alpha value is -2.49. The largest absolute Gasteiger partial charge is 0.493 e. The fraction of sp³-hybridized carbons (Fsp3) is 0.133. The minimum atomic E-state index is 0.505. The molecule has 2 aromatic rings. The number of rotatable bonds is 4. The Labute approximate surface area is 111 Å². The molecule has 0 saturated heterocycles. The van der Waals surface area contributed by atoms with Gasteiger partial charge in [0.05, 0.1) is 14.2 Å². The lowest BCUT2D eigenvalue weighted by molar-refractivity contribution is 0.112. The Balaban J connectivity index is 2.74. The molecule has 0 aliphatic heterocycles. The van der Waals surface area contributed by atoms with Crippen LogP contribution < -0.4 is 15.2 Å². The number of hydrogen-bond acceptors (Lipinski definition) is 4. The lowest BCUT2D eigenvalue weighted by Crippen LogP contribution is -1.97. The number of anilines is 1. The summed E-state index contributed by atoms with van der Waals surface area (Å²) in [7, 11) is 3.09. The van der Waals surface area contributed by atoms with Gasteiger partial charge in [-0.25, -0.2) is 0 Å². The average Bonchev–Trinajstić information content (AvgIpc) is 2.46. The van der Waals surface area contributed by atoms with Crippen LogP contribution >= 0.6 is 0 Å². The summed E-state index contributed by atoms with van der Waals surface area (Å²) < 4.78 is 10.6. The van der Waals surface area contributed by atoms with E-state index in [9.17, 15) is 4.79 Å². The van der Waals surface area contributed by atoms with Crippen LogP contribution in [0.4, 0.5) is 5.69 Å². The van der Waals surface area contributed by atoms with Crippen molar-refractivity contribution < 1.29 is 14.3 Å². The van der Waals surface area contributed by atoms with Gasteiger partial charge in [-0.3, -0.25) is 4.79 Å². The van der Waals surface area contributed by atoms with Gasteiger partial charge in [-0.1, -0.05) is 18.2 Å². The number of hydrogen-bond donors (Lipinski definition) is 1. The number of para-hydroxylation sites is 1. The smallest absolute Gasteiger partial charge is 0.168 e. The molecule has 0 radical (unpaired) electrons. The quantitative estimate of drug-likeness (QED) is 0.675. The first kappa shape index (κ1) is 13.0. The molecule has 4 nitrogen and oxygen atoms in total. The topological polar surface area (TPSA) is 61.5 Å². The molecule has 0 heterocycles. The van der Waals surface area contributed by atoms with E-state index >= 15 is 0 Å². The van der Waals surface area contributed by atoms with Gasteiger partial charge in [0.25, 0.3) is 0 Å². The number of carbonyl (C=O) groups excluding carboxylic acids is 1. The van der Waals surface area contributed by atoms with Gasteiger partial charge >= 0.3 is 0 Å². The predicted molar refractivity (Wildman–Crippen MR) is 74.8 cm³/mol. The van der Waals surface area contributed by atoms with Crippen molar-refractivity contribution in [3.8, 4) is 22.6 Å². The van der Waals surface area contributed by atoms with Crippen LogP contribution in [-0.2, 0) is 0 Å². The van der Waals surface area contributed by atoms with Crippen molar-refractivity contribution in [1.29, 1.82) is 0 Å². The van der Waals surface area contributed by atoms with Gasteiger partial charge in [0.1, 0.15) is 6.29 Å². The molecule has 0 fully saturated rings. The maximum atomic E-state index is 11.0. The first-order chi connectivity index (χ1) is 9.21. The number of ether oxygens (including phenoxy) is 2. The van der Waals surface area contributed by atoms with Crippen LogP contribution in [0.2, 0.25) is 0 Å². The molecule has 0 amide bonds. The number of aldehydes is 1. The minimum absolute atomic E-state index is 0.505. The zero-order valence-corrected chi connectivity index (χ0v) is 10.8. The third-order valence-electron chi connectivity index (χ3n) is 2.89. The van der Waals surface area contributed by atoms with Crippen LogP contribution in [0.5, 0.6) is 11.5 Å². The Bertz CT molecular complexity index is 608. The summed E-state index contributed by atoms with van der Waals surface area (Å²) in [6, 6.07) is 10.8. The second-order valence-electron chi connectivity index (χ2n) is 4.01. The normalized spacial score (nSPS) is 10.0. The molecule has 0 aliphatic carbocycles. The molecule has 2 aromatic carbocycles. The van der Waals surface area contributed by atoms with Crippen LogP contribution in [0.15, 0.2) is 36.4 Å². The maximum Gasteiger partial charge on any atom is 0.168 e. The van der Waals surface area contributed by atoms with Crippen molar-refractivity contribution >= 4 is 12.0 Å². The van der Waals surface area contributed by atoms with E-state index < -0.39 is 0 Å². The van der Waals surface area contributed by atoms with Gasteiger partial charge in [-0.15, -0.1) is 0 Å². The van der Waals surface area contributed by atoms with Crippen LogP contribution in [0.3, 0.4) is 0 Å². The molecule has 2 rings (SSSR count). The number of nitrogen functional groups attached to an aromatic ring is 1. The van der Waals surface area contributed by atoms with Gasteiger partial charge in [-0.05, 0) is 18.2 Å². The highest BCUT2D eigenvalue weighted by Crippen LogP contribution is 2.40. The fourth-order valence-corrected chi connectivity index (χ4v) is 2.00. The highest BCUT2D eigenvalue weighted by molar-refractivity contribution is 5.87. The molecule has 0 aliphatic rings. The van der Waals surface area contributed by atoms with E-state index in [1.165, 1.54) is 7.11 Å². The van der Waals surface area contributed by atoms with Gasteiger partial charge in [0.2, 0.25) is 0 Å². The number of nitrogens with two attached hydrogens (primary N) is 1. The Morgan fingerprint density at radius 2 is 1.79 bits per heavy atom. The van der Waals surface area contributed by atoms with Gasteiger partial charge in [0.15, 0.2) is 11.5 Å². The molecule has 0 saturated carbocycles. The van der Waals surface area contributed by atoms with E-state index in [2.05, 4.69) is 0 Å². The Morgan fingerprint density at radius 3 is 2.37 bits per heavy atom. The fourth-order valence-electron chi connectivity index (χ4n) is 2.00. The molecule has 0 aromatic heterocycles. The molecular formula is C15H15NO3. The molecule has 2 N–H and O–H groups in total. The summed E-state index contributed by atoms with van der Waals surface area (Å²) in [6.07, 6.45) is 0.768. The summed E-state index contributed by atoms with van der Waals surface area (Å²) in [6.45, 7) is 0. The number of carbonyl (C=O) groups is 1. The van der Waals surface area contributed by atoms with E-state index in [0.717, 1.165) is 17.4 Å². The van der Waals surface area contributed by atoms with Crippen molar-refractivity contribution in [2.24, 2.45) is 0 Å². The summed E-state index contributed by atoms with van der Waals surface area (Å²) in [4.78, 5) is 11.0. The monoisotopic (exact) mass is 257 g/mol. The summed E-state index contributed by atoms with van der Waals surface area (Å²) >= 11 is 0. The van der Waals surface area contributed by atoms with E-state index in [1.807, 2.05) is 18.2 Å². The SMILES string of the molecule is COc1cc(C=O)cc(-c2ccccc2N)c1OC. The van der Waals surface area contributed by atoms with Crippen molar-refractivity contribution in [2.45, 2.75) is 0 Å². The van der Waals surface area contributed by atoms with E-state index in [0.29, 0.717) is 22.7 Å². The summed E-state index contributed by atoms with van der Waals surface area (Å²) in [5, 5.41) is 0. The standard InChI is InChI=1S/C15H15NO3/c1-18-14-8-10(9-17)7-12(15(14)19-2)11-5-3-4-6-13(11)16/h3-9H,16H2,1-2H3. The van der Waals surface area contributed by atoms with Crippen LogP contribution in [-0.4, -0.2) is 20.5 Å². The number of methoxy groups -OCH3 is 2. The Kier molecular flexibility index (Phi) is 3.71.